The first kappa shape index (κ1) is 15.0. The van der Waals surface area contributed by atoms with Crippen molar-refractivity contribution in [1.29, 1.82) is 5.26 Å². The molecular formula is C16H14ClN3O. The van der Waals surface area contributed by atoms with Crippen LogP contribution in [0.1, 0.15) is 27.2 Å². The van der Waals surface area contributed by atoms with Crippen molar-refractivity contribution in [2.24, 2.45) is 0 Å². The van der Waals surface area contributed by atoms with Crippen LogP contribution >= 0.6 is 11.6 Å². The van der Waals surface area contributed by atoms with Crippen molar-refractivity contribution in [3.63, 3.8) is 0 Å². The van der Waals surface area contributed by atoms with Crippen LogP contribution in [0.5, 0.6) is 0 Å². The number of hydrogen-bond acceptors (Lipinski definition) is 3. The lowest BCUT2D eigenvalue weighted by molar-refractivity contribution is 0.0785. The smallest absolute Gasteiger partial charge is 0.256 e. The van der Waals surface area contributed by atoms with Crippen molar-refractivity contribution in [2.75, 3.05) is 7.05 Å². The summed E-state index contributed by atoms with van der Waals surface area (Å²) in [6.45, 7) is 2.26. The van der Waals surface area contributed by atoms with E-state index in [1.807, 2.05) is 19.1 Å². The number of amides is 1. The molecular weight excluding hydrogens is 286 g/mol. The Morgan fingerprint density at radius 1 is 1.38 bits per heavy atom. The maximum atomic E-state index is 12.4. The van der Waals surface area contributed by atoms with Gasteiger partial charge in [-0.2, -0.15) is 5.26 Å². The first-order chi connectivity index (χ1) is 10.0. The number of carbonyl (C=O) groups excluding carboxylic acids is 1. The molecule has 1 heterocycles. The van der Waals surface area contributed by atoms with E-state index in [-0.39, 0.29) is 5.91 Å². The van der Waals surface area contributed by atoms with Gasteiger partial charge in [0.2, 0.25) is 0 Å². The van der Waals surface area contributed by atoms with Gasteiger partial charge in [-0.05, 0) is 30.7 Å². The number of benzene rings is 1. The molecule has 0 aliphatic rings. The lowest BCUT2D eigenvalue weighted by Crippen LogP contribution is -2.26. The molecule has 1 aromatic heterocycles. The zero-order valence-corrected chi connectivity index (χ0v) is 12.6. The number of nitriles is 1. The fourth-order valence-electron chi connectivity index (χ4n) is 1.92. The van der Waals surface area contributed by atoms with E-state index in [9.17, 15) is 4.79 Å². The third-order valence-corrected chi connectivity index (χ3v) is 3.38. The molecule has 0 spiro atoms. The number of hydrogen-bond donors (Lipinski definition) is 0. The minimum Gasteiger partial charge on any atom is -0.337 e. The second kappa shape index (κ2) is 6.38. The highest BCUT2D eigenvalue weighted by Crippen LogP contribution is 2.18. The molecule has 2 aromatic rings. The molecule has 0 aliphatic carbocycles. The average Bonchev–Trinajstić information content (AvgIpc) is 2.47. The number of rotatable bonds is 3. The summed E-state index contributed by atoms with van der Waals surface area (Å²) >= 11 is 6.09. The van der Waals surface area contributed by atoms with E-state index in [2.05, 4.69) is 11.1 Å². The van der Waals surface area contributed by atoms with Crippen molar-refractivity contribution in [3.8, 4) is 6.07 Å². The molecule has 0 aliphatic heterocycles. The molecule has 0 saturated carbocycles. The van der Waals surface area contributed by atoms with Crippen LogP contribution in [0.25, 0.3) is 0 Å². The zero-order valence-electron chi connectivity index (χ0n) is 11.8. The maximum Gasteiger partial charge on any atom is 0.256 e. The van der Waals surface area contributed by atoms with Gasteiger partial charge in [-0.15, -0.1) is 0 Å². The predicted molar refractivity (Wildman–Crippen MR) is 80.9 cm³/mol. The largest absolute Gasteiger partial charge is 0.337 e. The lowest BCUT2D eigenvalue weighted by atomic mass is 10.1. The average molecular weight is 300 g/mol. The first-order valence-corrected chi connectivity index (χ1v) is 6.75. The zero-order chi connectivity index (χ0) is 15.4. The number of halogens is 1. The van der Waals surface area contributed by atoms with Gasteiger partial charge >= 0.3 is 0 Å². The van der Waals surface area contributed by atoms with Gasteiger partial charge in [0.1, 0.15) is 0 Å². The van der Waals surface area contributed by atoms with Gasteiger partial charge in [0.15, 0.2) is 0 Å². The third kappa shape index (κ3) is 3.59. The Morgan fingerprint density at radius 2 is 2.05 bits per heavy atom. The van der Waals surface area contributed by atoms with Crippen LogP contribution in [0.3, 0.4) is 0 Å². The predicted octanol–water partition coefficient (Wildman–Crippen LogP) is 3.19. The molecule has 4 nitrogen and oxygen atoms in total. The molecule has 2 rings (SSSR count). The summed E-state index contributed by atoms with van der Waals surface area (Å²) in [5.41, 5.74) is 2.70. The Bertz CT molecular complexity index is 704. The minimum atomic E-state index is -0.183. The summed E-state index contributed by atoms with van der Waals surface area (Å²) in [5.74, 6) is -0.183. The van der Waals surface area contributed by atoms with Crippen LogP contribution in [-0.4, -0.2) is 22.8 Å². The number of aromatic nitrogens is 1. The molecule has 0 saturated heterocycles. The fourth-order valence-corrected chi connectivity index (χ4v) is 2.21. The van der Waals surface area contributed by atoms with E-state index in [4.69, 9.17) is 16.9 Å². The second-order valence-electron chi connectivity index (χ2n) is 4.78. The Hall–Kier alpha value is -2.38. The number of carbonyl (C=O) groups is 1. The summed E-state index contributed by atoms with van der Waals surface area (Å²) in [4.78, 5) is 18.0. The number of nitrogens with zero attached hydrogens (tertiary/aromatic N) is 3. The summed E-state index contributed by atoms with van der Waals surface area (Å²) in [7, 11) is 1.71. The van der Waals surface area contributed by atoms with Crippen molar-refractivity contribution in [1.82, 2.24) is 9.88 Å². The Morgan fingerprint density at radius 3 is 2.62 bits per heavy atom. The summed E-state index contributed by atoms with van der Waals surface area (Å²) < 4.78 is 0. The standard InChI is InChI=1S/C16H14ClN3O/c1-11-7-15(17)14(9-19-11)16(21)20(2)10-13-5-3-12(8-18)4-6-13/h3-7,9H,10H2,1-2H3. The molecule has 0 atom stereocenters. The van der Waals surface area contributed by atoms with Gasteiger partial charge < -0.3 is 4.90 Å². The third-order valence-electron chi connectivity index (χ3n) is 3.07. The molecule has 1 aromatic carbocycles. The Labute approximate surface area is 128 Å². The van der Waals surface area contributed by atoms with Gasteiger partial charge in [0.05, 0.1) is 22.2 Å². The van der Waals surface area contributed by atoms with Crippen LogP contribution in [-0.2, 0) is 6.54 Å². The number of aryl methyl sites for hydroxylation is 1. The molecule has 0 radical (unpaired) electrons. The molecule has 0 fully saturated rings. The Kier molecular flexibility index (Phi) is 4.56. The van der Waals surface area contributed by atoms with Gasteiger partial charge in [0.25, 0.3) is 5.91 Å². The van der Waals surface area contributed by atoms with Gasteiger partial charge in [-0.25, -0.2) is 0 Å². The van der Waals surface area contributed by atoms with Crippen LogP contribution in [0, 0.1) is 18.3 Å². The van der Waals surface area contributed by atoms with Crippen LogP contribution < -0.4 is 0 Å². The van der Waals surface area contributed by atoms with E-state index in [0.717, 1.165) is 11.3 Å². The van der Waals surface area contributed by atoms with Crippen LogP contribution in [0.4, 0.5) is 0 Å². The molecule has 21 heavy (non-hydrogen) atoms. The highest BCUT2D eigenvalue weighted by molar-refractivity contribution is 6.33. The first-order valence-electron chi connectivity index (χ1n) is 6.38. The fraction of sp³-hybridized carbons (Fsp3) is 0.188. The monoisotopic (exact) mass is 299 g/mol. The molecule has 1 amide bonds. The summed E-state index contributed by atoms with van der Waals surface area (Å²) in [6.07, 6.45) is 1.50. The van der Waals surface area contributed by atoms with E-state index in [1.54, 1.807) is 30.1 Å². The van der Waals surface area contributed by atoms with Crippen LogP contribution in [0.15, 0.2) is 36.5 Å². The normalized spacial score (nSPS) is 10.0. The highest BCUT2D eigenvalue weighted by Gasteiger charge is 2.16. The van der Waals surface area contributed by atoms with E-state index in [0.29, 0.717) is 22.7 Å². The summed E-state index contributed by atoms with van der Waals surface area (Å²) in [6, 6.07) is 10.9. The van der Waals surface area contributed by atoms with Gasteiger partial charge in [0, 0.05) is 25.5 Å². The molecule has 0 bridgehead atoms. The van der Waals surface area contributed by atoms with Crippen molar-refractivity contribution in [3.05, 3.63) is 63.9 Å². The van der Waals surface area contributed by atoms with Crippen molar-refractivity contribution >= 4 is 17.5 Å². The molecule has 0 unspecified atom stereocenters. The van der Waals surface area contributed by atoms with Crippen molar-refractivity contribution < 1.29 is 4.79 Å². The second-order valence-corrected chi connectivity index (χ2v) is 5.18. The number of pyridine rings is 1. The molecule has 5 heteroatoms. The molecule has 106 valence electrons. The van der Waals surface area contributed by atoms with E-state index < -0.39 is 0 Å². The lowest BCUT2D eigenvalue weighted by Gasteiger charge is -2.18. The molecule has 0 N–H and O–H groups in total. The maximum absolute atomic E-state index is 12.4. The van der Waals surface area contributed by atoms with Gasteiger partial charge in [-0.3, -0.25) is 9.78 Å². The quantitative estimate of drug-likeness (QED) is 0.874. The topological polar surface area (TPSA) is 57.0 Å². The highest BCUT2D eigenvalue weighted by atomic mass is 35.5. The Balaban J connectivity index is 2.13. The van der Waals surface area contributed by atoms with Crippen LogP contribution in [0.2, 0.25) is 5.02 Å². The SMILES string of the molecule is Cc1cc(Cl)c(C(=O)N(C)Cc2ccc(C#N)cc2)cn1. The van der Waals surface area contributed by atoms with Gasteiger partial charge in [-0.1, -0.05) is 23.7 Å². The summed E-state index contributed by atoms with van der Waals surface area (Å²) in [5, 5.41) is 9.17. The van der Waals surface area contributed by atoms with E-state index >= 15 is 0 Å². The van der Waals surface area contributed by atoms with E-state index in [1.165, 1.54) is 6.20 Å². The van der Waals surface area contributed by atoms with Crippen molar-refractivity contribution in [2.45, 2.75) is 13.5 Å². The minimum absolute atomic E-state index is 0.183.